The highest BCUT2D eigenvalue weighted by molar-refractivity contribution is 5.91. The van der Waals surface area contributed by atoms with Gasteiger partial charge in [0.05, 0.1) is 18.4 Å². The standard InChI is InChI=1S/C14H15FN2O3/c15-9-7-16-13-11(8-3-1-2-4-10(8)20-13)12(9)17-5-6-19-14(17)18/h7-8,10H,1-6H2/t8-,10-/m1/s1. The van der Waals surface area contributed by atoms with E-state index in [4.69, 9.17) is 9.47 Å². The number of aromatic nitrogens is 1. The zero-order chi connectivity index (χ0) is 13.7. The molecule has 0 spiro atoms. The van der Waals surface area contributed by atoms with Crippen molar-refractivity contribution in [3.05, 3.63) is 17.6 Å². The van der Waals surface area contributed by atoms with Crippen LogP contribution in [0.2, 0.25) is 0 Å². The molecule has 6 heteroatoms. The molecule has 0 bridgehead atoms. The van der Waals surface area contributed by atoms with Crippen molar-refractivity contribution in [1.82, 2.24) is 4.98 Å². The summed E-state index contributed by atoms with van der Waals surface area (Å²) in [6.07, 6.45) is 4.87. The summed E-state index contributed by atoms with van der Waals surface area (Å²) >= 11 is 0. The molecule has 3 heterocycles. The fourth-order valence-electron chi connectivity index (χ4n) is 3.49. The van der Waals surface area contributed by atoms with E-state index < -0.39 is 11.9 Å². The van der Waals surface area contributed by atoms with Crippen molar-refractivity contribution < 1.29 is 18.7 Å². The molecular weight excluding hydrogens is 263 g/mol. The van der Waals surface area contributed by atoms with Gasteiger partial charge in [-0.3, -0.25) is 4.90 Å². The minimum atomic E-state index is -0.489. The minimum absolute atomic E-state index is 0.0745. The maximum atomic E-state index is 14.3. The van der Waals surface area contributed by atoms with E-state index in [0.29, 0.717) is 24.7 Å². The third-order valence-corrected chi connectivity index (χ3v) is 4.37. The van der Waals surface area contributed by atoms with Crippen molar-refractivity contribution in [2.75, 3.05) is 18.1 Å². The Hall–Kier alpha value is -1.85. The molecule has 1 aliphatic carbocycles. The number of amides is 1. The first-order valence-electron chi connectivity index (χ1n) is 7.05. The monoisotopic (exact) mass is 278 g/mol. The van der Waals surface area contributed by atoms with E-state index in [0.717, 1.165) is 37.4 Å². The van der Waals surface area contributed by atoms with Gasteiger partial charge in [0.15, 0.2) is 5.82 Å². The van der Waals surface area contributed by atoms with Gasteiger partial charge in [-0.1, -0.05) is 6.42 Å². The molecule has 1 saturated carbocycles. The number of hydrogen-bond acceptors (Lipinski definition) is 4. The van der Waals surface area contributed by atoms with Crippen LogP contribution in [-0.4, -0.2) is 30.3 Å². The van der Waals surface area contributed by atoms with E-state index in [-0.39, 0.29) is 12.0 Å². The number of carbonyl (C=O) groups excluding carboxylic acids is 1. The lowest BCUT2D eigenvalue weighted by Crippen LogP contribution is -2.27. The molecule has 2 aliphatic heterocycles. The van der Waals surface area contributed by atoms with Gasteiger partial charge < -0.3 is 9.47 Å². The molecule has 0 aromatic carbocycles. The van der Waals surface area contributed by atoms with E-state index in [1.165, 1.54) is 4.90 Å². The van der Waals surface area contributed by atoms with Crippen molar-refractivity contribution >= 4 is 11.8 Å². The van der Waals surface area contributed by atoms with E-state index in [9.17, 15) is 9.18 Å². The van der Waals surface area contributed by atoms with Crippen LogP contribution in [0.1, 0.15) is 37.2 Å². The van der Waals surface area contributed by atoms with Crippen LogP contribution in [-0.2, 0) is 4.74 Å². The Balaban J connectivity index is 1.83. The number of anilines is 1. The second kappa shape index (κ2) is 4.33. The lowest BCUT2D eigenvalue weighted by atomic mass is 9.83. The molecule has 0 N–H and O–H groups in total. The molecule has 1 aromatic heterocycles. The van der Waals surface area contributed by atoms with Crippen LogP contribution in [0.25, 0.3) is 0 Å². The molecule has 2 fully saturated rings. The molecule has 5 nitrogen and oxygen atoms in total. The first-order chi connectivity index (χ1) is 9.75. The summed E-state index contributed by atoms with van der Waals surface area (Å²) in [7, 11) is 0. The second-order valence-electron chi connectivity index (χ2n) is 5.49. The van der Waals surface area contributed by atoms with Crippen LogP contribution in [0.4, 0.5) is 14.9 Å². The number of pyridine rings is 1. The van der Waals surface area contributed by atoms with Crippen LogP contribution in [0.5, 0.6) is 5.88 Å². The van der Waals surface area contributed by atoms with Crippen LogP contribution in [0.15, 0.2) is 6.20 Å². The predicted octanol–water partition coefficient (Wildman–Crippen LogP) is 2.60. The SMILES string of the molecule is O=C1OCCN1c1c(F)cnc2c1[C@@H]1CCCC[C@H]1O2. The van der Waals surface area contributed by atoms with E-state index in [2.05, 4.69) is 4.98 Å². The number of nitrogens with zero attached hydrogens (tertiary/aromatic N) is 2. The minimum Gasteiger partial charge on any atom is -0.473 e. The summed E-state index contributed by atoms with van der Waals surface area (Å²) in [5, 5.41) is 0. The molecule has 4 rings (SSSR count). The fourth-order valence-corrected chi connectivity index (χ4v) is 3.49. The number of fused-ring (bicyclic) bond motifs is 3. The zero-order valence-electron chi connectivity index (χ0n) is 11.0. The maximum Gasteiger partial charge on any atom is 0.414 e. The van der Waals surface area contributed by atoms with Gasteiger partial charge >= 0.3 is 6.09 Å². The summed E-state index contributed by atoms with van der Waals surface area (Å²) in [6, 6.07) is 0. The van der Waals surface area contributed by atoms with Crippen LogP contribution in [0.3, 0.4) is 0 Å². The summed E-state index contributed by atoms with van der Waals surface area (Å²) in [5.41, 5.74) is 1.07. The normalized spacial score (nSPS) is 27.9. The number of halogens is 1. The lowest BCUT2D eigenvalue weighted by Gasteiger charge is -2.25. The first kappa shape index (κ1) is 11.9. The summed E-state index contributed by atoms with van der Waals surface area (Å²) in [4.78, 5) is 17.2. The number of cyclic esters (lactones) is 1. The second-order valence-corrected chi connectivity index (χ2v) is 5.49. The van der Waals surface area contributed by atoms with Gasteiger partial charge in [0, 0.05) is 11.5 Å². The Kier molecular flexibility index (Phi) is 2.58. The Morgan fingerprint density at radius 2 is 2.20 bits per heavy atom. The van der Waals surface area contributed by atoms with Crippen molar-refractivity contribution in [2.45, 2.75) is 37.7 Å². The third-order valence-electron chi connectivity index (χ3n) is 4.37. The summed E-state index contributed by atoms with van der Waals surface area (Å²) < 4.78 is 25.0. The Labute approximate surface area is 115 Å². The molecular formula is C14H15FN2O3. The van der Waals surface area contributed by atoms with Gasteiger partial charge in [-0.05, 0) is 19.3 Å². The fraction of sp³-hybridized carbons (Fsp3) is 0.571. The van der Waals surface area contributed by atoms with Crippen molar-refractivity contribution in [3.63, 3.8) is 0 Å². The largest absolute Gasteiger partial charge is 0.473 e. The molecule has 0 radical (unpaired) electrons. The number of rotatable bonds is 1. The number of ether oxygens (including phenoxy) is 2. The highest BCUT2D eigenvalue weighted by atomic mass is 19.1. The maximum absolute atomic E-state index is 14.3. The van der Waals surface area contributed by atoms with Gasteiger partial charge in [0.1, 0.15) is 12.7 Å². The van der Waals surface area contributed by atoms with Crippen molar-refractivity contribution in [3.8, 4) is 5.88 Å². The molecule has 20 heavy (non-hydrogen) atoms. The predicted molar refractivity (Wildman–Crippen MR) is 68.5 cm³/mol. The zero-order valence-corrected chi connectivity index (χ0v) is 11.0. The highest BCUT2D eigenvalue weighted by Gasteiger charge is 2.42. The molecule has 0 unspecified atom stereocenters. The molecule has 1 aromatic rings. The van der Waals surface area contributed by atoms with Gasteiger partial charge in [-0.25, -0.2) is 14.2 Å². The van der Waals surface area contributed by atoms with Crippen molar-refractivity contribution in [2.24, 2.45) is 0 Å². The van der Waals surface area contributed by atoms with Gasteiger partial charge in [0.2, 0.25) is 5.88 Å². The van der Waals surface area contributed by atoms with E-state index in [1.54, 1.807) is 0 Å². The summed E-state index contributed by atoms with van der Waals surface area (Å²) in [5.74, 6) is 0.153. The first-order valence-corrected chi connectivity index (χ1v) is 7.05. The van der Waals surface area contributed by atoms with E-state index >= 15 is 0 Å². The topological polar surface area (TPSA) is 51.7 Å². The molecule has 1 saturated heterocycles. The Morgan fingerprint density at radius 3 is 3.00 bits per heavy atom. The number of carbonyl (C=O) groups is 1. The van der Waals surface area contributed by atoms with Crippen molar-refractivity contribution in [1.29, 1.82) is 0 Å². The van der Waals surface area contributed by atoms with Crippen LogP contribution >= 0.6 is 0 Å². The smallest absolute Gasteiger partial charge is 0.414 e. The quantitative estimate of drug-likeness (QED) is 0.792. The number of hydrogen-bond donors (Lipinski definition) is 0. The highest BCUT2D eigenvalue weighted by Crippen LogP contribution is 2.49. The lowest BCUT2D eigenvalue weighted by molar-refractivity contribution is 0.159. The van der Waals surface area contributed by atoms with Crippen LogP contribution in [0, 0.1) is 5.82 Å². The average Bonchev–Trinajstić information content (AvgIpc) is 3.03. The third kappa shape index (κ3) is 1.60. The Bertz CT molecular complexity index is 578. The Morgan fingerprint density at radius 1 is 1.35 bits per heavy atom. The average molecular weight is 278 g/mol. The van der Waals surface area contributed by atoms with Crippen LogP contribution < -0.4 is 9.64 Å². The van der Waals surface area contributed by atoms with Gasteiger partial charge in [-0.2, -0.15) is 0 Å². The molecule has 2 atom stereocenters. The van der Waals surface area contributed by atoms with E-state index in [1.807, 2.05) is 0 Å². The van der Waals surface area contributed by atoms with Gasteiger partial charge in [0.25, 0.3) is 0 Å². The molecule has 3 aliphatic rings. The van der Waals surface area contributed by atoms with Gasteiger partial charge in [-0.15, -0.1) is 0 Å². The molecule has 1 amide bonds. The summed E-state index contributed by atoms with van der Waals surface area (Å²) in [6.45, 7) is 0.675. The molecule has 106 valence electrons.